The summed E-state index contributed by atoms with van der Waals surface area (Å²) in [5.41, 5.74) is 4.34. The highest BCUT2D eigenvalue weighted by Crippen LogP contribution is 2.24. The Bertz CT molecular complexity index is 986. The number of halogens is 2. The van der Waals surface area contributed by atoms with Gasteiger partial charge in [-0.1, -0.05) is 47.5 Å². The van der Waals surface area contributed by atoms with E-state index < -0.39 is 0 Å². The highest BCUT2D eigenvalue weighted by molar-refractivity contribution is 6.42. The van der Waals surface area contributed by atoms with Crippen LogP contribution in [0, 0.1) is 13.8 Å². The minimum Gasteiger partial charge on any atom is -0.489 e. The van der Waals surface area contributed by atoms with Crippen LogP contribution >= 0.6 is 23.2 Å². The molecule has 0 spiro atoms. The van der Waals surface area contributed by atoms with Crippen LogP contribution in [0.15, 0.2) is 60.7 Å². The molecule has 1 amide bonds. The van der Waals surface area contributed by atoms with Crippen molar-refractivity contribution in [2.75, 3.05) is 5.32 Å². The number of hydrogen-bond donors (Lipinski definition) is 1. The fourth-order valence-electron chi connectivity index (χ4n) is 2.59. The first-order valence-electron chi connectivity index (χ1n) is 8.48. The molecule has 0 aromatic heterocycles. The van der Waals surface area contributed by atoms with Crippen molar-refractivity contribution in [3.8, 4) is 5.75 Å². The lowest BCUT2D eigenvalue weighted by molar-refractivity contribution is 0.102. The van der Waals surface area contributed by atoms with E-state index in [1.54, 1.807) is 30.3 Å². The summed E-state index contributed by atoms with van der Waals surface area (Å²) < 4.78 is 5.79. The molecule has 1 N–H and O–H groups in total. The van der Waals surface area contributed by atoms with E-state index in [1.165, 1.54) is 0 Å². The topological polar surface area (TPSA) is 38.3 Å². The fourth-order valence-corrected chi connectivity index (χ4v) is 2.91. The van der Waals surface area contributed by atoms with Gasteiger partial charge < -0.3 is 10.1 Å². The van der Waals surface area contributed by atoms with Gasteiger partial charge in [-0.15, -0.1) is 0 Å². The van der Waals surface area contributed by atoms with Gasteiger partial charge in [0.05, 0.1) is 10.0 Å². The molecule has 5 heteroatoms. The summed E-state index contributed by atoms with van der Waals surface area (Å²) >= 11 is 11.9. The SMILES string of the molecule is Cc1ccc(C)c(NC(=O)c2cccc(OCc3ccc(Cl)c(Cl)c3)c2)c1. The zero-order valence-corrected chi connectivity index (χ0v) is 16.6. The largest absolute Gasteiger partial charge is 0.489 e. The average molecular weight is 400 g/mol. The minimum atomic E-state index is -0.177. The lowest BCUT2D eigenvalue weighted by Gasteiger charge is -2.11. The molecular weight excluding hydrogens is 381 g/mol. The summed E-state index contributed by atoms with van der Waals surface area (Å²) in [6, 6.07) is 18.4. The van der Waals surface area contributed by atoms with Gasteiger partial charge in [-0.3, -0.25) is 4.79 Å². The standard InChI is InChI=1S/C22H19Cl2NO2/c1-14-6-7-15(2)21(10-14)25-22(26)17-4-3-5-18(12-17)27-13-16-8-9-19(23)20(24)11-16/h3-12H,13H2,1-2H3,(H,25,26). The number of aryl methyl sites for hydroxylation is 2. The van der Waals surface area contributed by atoms with Crippen molar-refractivity contribution >= 4 is 34.8 Å². The maximum absolute atomic E-state index is 12.6. The third kappa shape index (κ3) is 5.03. The van der Waals surface area contributed by atoms with Crippen molar-refractivity contribution < 1.29 is 9.53 Å². The van der Waals surface area contributed by atoms with Crippen LogP contribution in [0.3, 0.4) is 0 Å². The molecule has 0 radical (unpaired) electrons. The molecule has 0 aliphatic rings. The first kappa shape index (κ1) is 19.3. The van der Waals surface area contributed by atoms with Crippen molar-refractivity contribution in [3.63, 3.8) is 0 Å². The van der Waals surface area contributed by atoms with E-state index in [0.717, 1.165) is 22.4 Å². The van der Waals surface area contributed by atoms with E-state index in [-0.39, 0.29) is 5.91 Å². The van der Waals surface area contributed by atoms with Gasteiger partial charge >= 0.3 is 0 Å². The predicted molar refractivity (Wildman–Crippen MR) is 111 cm³/mol. The van der Waals surface area contributed by atoms with Gasteiger partial charge in [0.25, 0.3) is 5.91 Å². The van der Waals surface area contributed by atoms with Crippen LogP contribution in [0.5, 0.6) is 5.75 Å². The van der Waals surface area contributed by atoms with E-state index in [0.29, 0.717) is 28.0 Å². The van der Waals surface area contributed by atoms with Crippen LogP contribution in [-0.4, -0.2) is 5.91 Å². The predicted octanol–water partition coefficient (Wildman–Crippen LogP) is 6.44. The number of anilines is 1. The quantitative estimate of drug-likeness (QED) is 0.535. The highest BCUT2D eigenvalue weighted by atomic mass is 35.5. The van der Waals surface area contributed by atoms with Crippen molar-refractivity contribution in [1.82, 2.24) is 0 Å². The molecule has 3 nitrogen and oxygen atoms in total. The summed E-state index contributed by atoms with van der Waals surface area (Å²) in [6.07, 6.45) is 0. The number of nitrogens with one attached hydrogen (secondary N) is 1. The third-order valence-electron chi connectivity index (χ3n) is 4.13. The van der Waals surface area contributed by atoms with Crippen LogP contribution in [0.2, 0.25) is 10.0 Å². The molecule has 27 heavy (non-hydrogen) atoms. The molecule has 3 aromatic carbocycles. The molecule has 0 aliphatic carbocycles. The van der Waals surface area contributed by atoms with E-state index in [2.05, 4.69) is 5.32 Å². The number of ether oxygens (including phenoxy) is 1. The molecule has 0 atom stereocenters. The highest BCUT2D eigenvalue weighted by Gasteiger charge is 2.09. The van der Waals surface area contributed by atoms with Crippen molar-refractivity contribution in [2.45, 2.75) is 20.5 Å². The Balaban J connectivity index is 1.70. The van der Waals surface area contributed by atoms with Gasteiger partial charge in [0.1, 0.15) is 12.4 Å². The lowest BCUT2D eigenvalue weighted by atomic mass is 10.1. The molecular formula is C22H19Cl2NO2. The Morgan fingerprint density at radius 3 is 2.56 bits per heavy atom. The number of rotatable bonds is 5. The Morgan fingerprint density at radius 1 is 0.963 bits per heavy atom. The average Bonchev–Trinajstić information content (AvgIpc) is 2.66. The Hall–Kier alpha value is -2.49. The number of carbonyl (C=O) groups is 1. The summed E-state index contributed by atoms with van der Waals surface area (Å²) in [5, 5.41) is 3.95. The molecule has 0 saturated heterocycles. The van der Waals surface area contributed by atoms with Crippen LogP contribution < -0.4 is 10.1 Å². The van der Waals surface area contributed by atoms with Gasteiger partial charge in [-0.05, 0) is 66.9 Å². The van der Waals surface area contributed by atoms with E-state index >= 15 is 0 Å². The molecule has 0 saturated carbocycles. The van der Waals surface area contributed by atoms with Crippen LogP contribution in [0.25, 0.3) is 0 Å². The number of amides is 1. The molecule has 138 valence electrons. The normalized spacial score (nSPS) is 10.5. The zero-order valence-electron chi connectivity index (χ0n) is 15.1. The van der Waals surface area contributed by atoms with Gasteiger partial charge in [0.2, 0.25) is 0 Å². The fraction of sp³-hybridized carbons (Fsp3) is 0.136. The number of carbonyl (C=O) groups excluding carboxylic acids is 1. The number of hydrogen-bond acceptors (Lipinski definition) is 2. The third-order valence-corrected chi connectivity index (χ3v) is 4.87. The Labute approximate surface area is 168 Å². The molecule has 0 aliphatic heterocycles. The molecule has 3 aromatic rings. The van der Waals surface area contributed by atoms with E-state index in [9.17, 15) is 4.79 Å². The first-order chi connectivity index (χ1) is 12.9. The van der Waals surface area contributed by atoms with Crippen molar-refractivity contribution in [3.05, 3.63) is 93.0 Å². The summed E-state index contributed by atoms with van der Waals surface area (Å²) in [5.74, 6) is 0.429. The minimum absolute atomic E-state index is 0.177. The lowest BCUT2D eigenvalue weighted by Crippen LogP contribution is -2.13. The summed E-state index contributed by atoms with van der Waals surface area (Å²) in [7, 11) is 0. The van der Waals surface area contributed by atoms with Crippen LogP contribution in [0.4, 0.5) is 5.69 Å². The van der Waals surface area contributed by atoms with Gasteiger partial charge in [-0.2, -0.15) is 0 Å². The maximum Gasteiger partial charge on any atom is 0.255 e. The molecule has 0 unspecified atom stereocenters. The maximum atomic E-state index is 12.6. The van der Waals surface area contributed by atoms with Crippen molar-refractivity contribution in [1.29, 1.82) is 0 Å². The second kappa shape index (κ2) is 8.47. The van der Waals surface area contributed by atoms with Gasteiger partial charge in [0.15, 0.2) is 0 Å². The molecule has 0 heterocycles. The molecule has 0 fully saturated rings. The monoisotopic (exact) mass is 399 g/mol. The van der Waals surface area contributed by atoms with Crippen molar-refractivity contribution in [2.24, 2.45) is 0 Å². The molecule has 0 bridgehead atoms. The van der Waals surface area contributed by atoms with E-state index in [1.807, 2.05) is 44.2 Å². The van der Waals surface area contributed by atoms with Crippen LogP contribution in [-0.2, 0) is 6.61 Å². The molecule has 3 rings (SSSR count). The Kier molecular flexibility index (Phi) is 6.04. The summed E-state index contributed by atoms with van der Waals surface area (Å²) in [4.78, 5) is 12.6. The number of benzene rings is 3. The van der Waals surface area contributed by atoms with E-state index in [4.69, 9.17) is 27.9 Å². The van der Waals surface area contributed by atoms with Gasteiger partial charge in [-0.25, -0.2) is 0 Å². The smallest absolute Gasteiger partial charge is 0.255 e. The van der Waals surface area contributed by atoms with Crippen LogP contribution in [0.1, 0.15) is 27.0 Å². The first-order valence-corrected chi connectivity index (χ1v) is 9.23. The zero-order chi connectivity index (χ0) is 19.4. The second-order valence-electron chi connectivity index (χ2n) is 6.34. The van der Waals surface area contributed by atoms with Gasteiger partial charge in [0, 0.05) is 11.3 Å². The second-order valence-corrected chi connectivity index (χ2v) is 7.15. The summed E-state index contributed by atoms with van der Waals surface area (Å²) in [6.45, 7) is 4.29. The Morgan fingerprint density at radius 2 is 1.78 bits per heavy atom.